The van der Waals surface area contributed by atoms with E-state index in [0.29, 0.717) is 37.0 Å². The number of esters is 2. The minimum Gasteiger partial charge on any atom is -0.492 e. The molecule has 0 saturated carbocycles. The van der Waals surface area contributed by atoms with Crippen molar-refractivity contribution >= 4 is 51.2 Å². The van der Waals surface area contributed by atoms with Crippen molar-refractivity contribution in [1.29, 1.82) is 0 Å². The van der Waals surface area contributed by atoms with Gasteiger partial charge in [-0.2, -0.15) is 0 Å². The molecule has 1 rings (SSSR count). The molecule has 422 valence electrons. The Kier molecular flexibility index (Phi) is 36.3. The third-order valence-corrected chi connectivity index (χ3v) is 12.0. The van der Waals surface area contributed by atoms with Gasteiger partial charge in [0.1, 0.15) is 30.5 Å². The smallest absolute Gasteiger partial charge is 0.472 e. The maximum atomic E-state index is 13.5. The number of nitrogens with two attached hydrogens (primary N) is 1. The Morgan fingerprint density at radius 2 is 1.07 bits per heavy atom. The number of benzene rings is 1. The first-order chi connectivity index (χ1) is 35.2. The lowest BCUT2D eigenvalue weighted by atomic mass is 9.97. The zero-order valence-corrected chi connectivity index (χ0v) is 45.5. The fourth-order valence-corrected chi connectivity index (χ4v) is 7.86. The largest absolute Gasteiger partial charge is 0.492 e. The van der Waals surface area contributed by atoms with Gasteiger partial charge in [-0.15, -0.1) is 0 Å². The molecule has 1 aromatic carbocycles. The van der Waals surface area contributed by atoms with Crippen LogP contribution in [0.4, 0.5) is 0 Å². The Labute approximate surface area is 435 Å². The average molecular weight is 1090 g/mol. The minimum absolute atomic E-state index is 0.107. The van der Waals surface area contributed by atoms with Crippen molar-refractivity contribution < 1.29 is 89.5 Å². The van der Waals surface area contributed by atoms with Crippen molar-refractivity contribution in [2.24, 2.45) is 11.7 Å². The lowest BCUT2D eigenvalue weighted by molar-refractivity contribution is -0.150. The van der Waals surface area contributed by atoms with Gasteiger partial charge < -0.3 is 60.5 Å². The Hall–Kier alpha value is -4.58. The molecule has 0 aliphatic carbocycles. The average Bonchev–Trinajstić information content (AvgIpc) is 3.34. The summed E-state index contributed by atoms with van der Waals surface area (Å²) >= 11 is 0. The van der Waals surface area contributed by atoms with E-state index in [1.54, 1.807) is 38.1 Å². The van der Waals surface area contributed by atoms with Crippen LogP contribution in [-0.4, -0.2) is 149 Å². The number of phosphoric acid groups is 2. The van der Waals surface area contributed by atoms with Crippen molar-refractivity contribution in [2.45, 2.75) is 124 Å². The number of nitrogens with one attached hydrogen (secondary N) is 4. The number of hydrogen-bond acceptors (Lipinski definition) is 18. The van der Waals surface area contributed by atoms with Crippen molar-refractivity contribution in [3.05, 3.63) is 54.1 Å². The first kappa shape index (κ1) is 67.4. The van der Waals surface area contributed by atoms with E-state index in [1.165, 1.54) is 13.8 Å². The monoisotopic (exact) mass is 1090 g/mol. The predicted molar refractivity (Wildman–Crippen MR) is 272 cm³/mol. The van der Waals surface area contributed by atoms with Crippen LogP contribution in [0, 0.1) is 5.92 Å². The third kappa shape index (κ3) is 35.6. The molecule has 24 nitrogen and oxygen atoms in total. The molecule has 0 aromatic heterocycles. The summed E-state index contributed by atoms with van der Waals surface area (Å²) in [6, 6.07) is 4.83. The third-order valence-electron chi connectivity index (χ3n) is 10.0. The van der Waals surface area contributed by atoms with Gasteiger partial charge in [-0.1, -0.05) is 36.4 Å². The van der Waals surface area contributed by atoms with Crippen LogP contribution in [0.2, 0.25) is 0 Å². The quantitative estimate of drug-likeness (QED) is 0.0160. The van der Waals surface area contributed by atoms with E-state index in [1.807, 2.05) is 38.2 Å². The van der Waals surface area contributed by atoms with Gasteiger partial charge in [-0.05, 0) is 77.5 Å². The molecular formula is C48H81N5O19P2. The van der Waals surface area contributed by atoms with Gasteiger partial charge in [0.25, 0.3) is 0 Å². The molecule has 0 heterocycles. The number of rotatable bonds is 43. The summed E-state index contributed by atoms with van der Waals surface area (Å²) < 4.78 is 73.2. The number of carbonyl (C=O) groups excluding carboxylic acids is 6. The van der Waals surface area contributed by atoms with Gasteiger partial charge in [0.15, 0.2) is 0 Å². The molecule has 6 atom stereocenters. The zero-order chi connectivity index (χ0) is 55.2. The summed E-state index contributed by atoms with van der Waals surface area (Å²) in [4.78, 5) is 95.3. The first-order valence-electron chi connectivity index (χ1n) is 24.7. The topological polar surface area (TPSA) is 334 Å². The van der Waals surface area contributed by atoms with Gasteiger partial charge >= 0.3 is 27.6 Å². The first-order valence-corrected chi connectivity index (χ1v) is 27.7. The molecule has 26 heteroatoms. The highest BCUT2D eigenvalue weighted by molar-refractivity contribution is 7.47. The summed E-state index contributed by atoms with van der Waals surface area (Å²) in [5.74, 6) is -4.03. The molecular weight excluding hydrogens is 1010 g/mol. The molecule has 0 fully saturated rings. The van der Waals surface area contributed by atoms with Gasteiger partial charge in [-0.25, -0.2) is 9.13 Å². The van der Waals surface area contributed by atoms with Crippen LogP contribution in [0.15, 0.2) is 48.6 Å². The molecule has 0 aliphatic heterocycles. The maximum Gasteiger partial charge on any atom is 0.472 e. The van der Waals surface area contributed by atoms with E-state index >= 15 is 0 Å². The molecule has 0 saturated heterocycles. The molecule has 1 aromatic rings. The van der Waals surface area contributed by atoms with E-state index < -0.39 is 95.9 Å². The lowest BCUT2D eigenvalue weighted by Crippen LogP contribution is -2.44. The van der Waals surface area contributed by atoms with E-state index in [2.05, 4.69) is 21.3 Å². The highest BCUT2D eigenvalue weighted by Crippen LogP contribution is 2.43. The predicted octanol–water partition coefficient (Wildman–Crippen LogP) is 3.86. The van der Waals surface area contributed by atoms with Crippen LogP contribution in [0.5, 0.6) is 5.75 Å². The van der Waals surface area contributed by atoms with Gasteiger partial charge in [0.05, 0.1) is 64.9 Å². The molecule has 8 N–H and O–H groups in total. The molecule has 0 spiro atoms. The number of ether oxygens (including phenoxy) is 5. The molecule has 0 aliphatic rings. The van der Waals surface area contributed by atoms with E-state index in [0.717, 1.165) is 12.8 Å². The van der Waals surface area contributed by atoms with Crippen LogP contribution in [0.25, 0.3) is 0 Å². The fraction of sp³-hybridized carbons (Fsp3) is 0.667. The van der Waals surface area contributed by atoms with Gasteiger partial charge in [0, 0.05) is 59.2 Å². The number of allylic oxidation sites excluding steroid dienone is 4. The molecule has 4 unspecified atom stereocenters. The molecule has 0 radical (unpaired) electrons. The van der Waals surface area contributed by atoms with Crippen LogP contribution < -0.4 is 31.7 Å². The maximum absolute atomic E-state index is 13.5. The minimum atomic E-state index is -4.74. The second-order valence-electron chi connectivity index (χ2n) is 16.9. The standard InChI is InChI=1S/C48H81N5O19P2/c1-7-9-11-13-15-45(56)71-36(3)21-26-64-32-41(52-38(5)54)34-69-73(60,61)67-29-24-50-47(58)44(31-40-17-19-43(20-18-40)66-28-23-49)48(59)51-25-30-68-74(62,63)70-35-42(53-39(6)55)33-65-27-22-37(4)72-46(57)16-14-12-10-8-2/h7-10,17-20,36-37,41-42,44H,11-16,21-35,49H2,1-6H3,(H,50,58)(H,51,59)(H,52,54)(H,53,55)(H,60,61)(H,62,63)/b9-7-,10-8-/t36-,37-,41?,42?,44?/m1/s1. The highest BCUT2D eigenvalue weighted by Gasteiger charge is 2.29. The van der Waals surface area contributed by atoms with E-state index in [9.17, 15) is 47.7 Å². The Balaban J connectivity index is 2.74. The molecule has 0 bridgehead atoms. The van der Waals surface area contributed by atoms with Gasteiger partial charge in [0.2, 0.25) is 23.6 Å². The molecule has 4 amide bonds. The van der Waals surface area contributed by atoms with E-state index in [4.69, 9.17) is 47.5 Å². The van der Waals surface area contributed by atoms with Crippen LogP contribution >= 0.6 is 15.6 Å². The fourth-order valence-electron chi connectivity index (χ4n) is 6.33. The summed E-state index contributed by atoms with van der Waals surface area (Å²) in [5.41, 5.74) is 6.07. The number of phosphoric ester groups is 2. The van der Waals surface area contributed by atoms with Crippen molar-refractivity contribution in [3.8, 4) is 5.75 Å². The van der Waals surface area contributed by atoms with Crippen molar-refractivity contribution in [2.75, 3.05) is 79.1 Å². The Bertz CT molecular complexity index is 1850. The zero-order valence-electron chi connectivity index (χ0n) is 43.7. The van der Waals surface area contributed by atoms with E-state index in [-0.39, 0.29) is 83.9 Å². The Morgan fingerprint density at radius 3 is 1.46 bits per heavy atom. The molecule has 74 heavy (non-hydrogen) atoms. The van der Waals surface area contributed by atoms with Crippen molar-refractivity contribution in [3.63, 3.8) is 0 Å². The number of unbranched alkanes of at least 4 members (excludes halogenated alkanes) is 2. The van der Waals surface area contributed by atoms with Crippen molar-refractivity contribution in [1.82, 2.24) is 21.3 Å². The summed E-state index contributed by atoms with van der Waals surface area (Å²) in [6.45, 7) is 7.67. The lowest BCUT2D eigenvalue weighted by Gasteiger charge is -2.21. The second-order valence-corrected chi connectivity index (χ2v) is 19.8. The number of amides is 4. The SMILES string of the molecule is C/C=C\CCCC(=O)O[C@H](C)CCOCC(COP(=O)(O)OCCNC(=O)C(Cc1ccc(OCCN)cc1)C(=O)NCCOP(=O)(O)OCC(COCC[C@@H](C)OC(=O)CCC/C=C\C)NC(C)=O)NC(C)=O. The van der Waals surface area contributed by atoms with Crippen LogP contribution in [-0.2, 0) is 81.4 Å². The summed E-state index contributed by atoms with van der Waals surface area (Å²) in [7, 11) is -9.48. The number of carbonyl (C=O) groups is 6. The normalized spacial score (nSPS) is 15.2. The van der Waals surface area contributed by atoms with Gasteiger partial charge in [-0.3, -0.25) is 46.9 Å². The Morgan fingerprint density at radius 1 is 0.635 bits per heavy atom. The summed E-state index contributed by atoms with van der Waals surface area (Å²) in [5, 5.41) is 10.1. The second kappa shape index (κ2) is 39.8. The number of hydrogen-bond donors (Lipinski definition) is 7. The van der Waals surface area contributed by atoms with Crippen LogP contribution in [0.3, 0.4) is 0 Å². The summed E-state index contributed by atoms with van der Waals surface area (Å²) in [6.07, 6.45) is 11.0. The highest BCUT2D eigenvalue weighted by atomic mass is 31.2. The van der Waals surface area contributed by atoms with Crippen LogP contribution in [0.1, 0.15) is 98.5 Å².